The first kappa shape index (κ1) is 24.7. The number of aryl methyl sites for hydroxylation is 1. The predicted molar refractivity (Wildman–Crippen MR) is 134 cm³/mol. The summed E-state index contributed by atoms with van der Waals surface area (Å²) < 4.78 is 7.66. The zero-order valence-corrected chi connectivity index (χ0v) is 21.6. The Morgan fingerprint density at radius 2 is 1.81 bits per heavy atom. The number of ether oxygens (including phenoxy) is 1. The summed E-state index contributed by atoms with van der Waals surface area (Å²) in [4.78, 5) is 7.60. The first-order valence-electron chi connectivity index (χ1n) is 11.9. The van der Waals surface area contributed by atoms with Crippen molar-refractivity contribution in [3.05, 3.63) is 11.6 Å². The van der Waals surface area contributed by atoms with Gasteiger partial charge in [0.1, 0.15) is 12.4 Å². The number of hydrogen-bond acceptors (Lipinski definition) is 5. The van der Waals surface area contributed by atoms with Gasteiger partial charge in [0, 0.05) is 38.3 Å². The van der Waals surface area contributed by atoms with Gasteiger partial charge in [0.25, 0.3) is 0 Å². The highest BCUT2D eigenvalue weighted by molar-refractivity contribution is 14.0. The van der Waals surface area contributed by atoms with Crippen molar-refractivity contribution in [3.8, 4) is 0 Å². The highest BCUT2D eigenvalue weighted by Gasteiger charge is 2.38. The molecule has 2 heterocycles. The van der Waals surface area contributed by atoms with E-state index in [1.807, 2.05) is 18.5 Å². The van der Waals surface area contributed by atoms with E-state index in [4.69, 9.17) is 9.73 Å². The van der Waals surface area contributed by atoms with Gasteiger partial charge in [0.2, 0.25) is 0 Å². The van der Waals surface area contributed by atoms with Crippen molar-refractivity contribution >= 4 is 29.9 Å². The Hall–Kier alpha value is -0.940. The first-order valence-corrected chi connectivity index (χ1v) is 11.9. The lowest BCUT2D eigenvalue weighted by atomic mass is 9.80. The highest BCUT2D eigenvalue weighted by Crippen LogP contribution is 2.34. The molecule has 1 aromatic heterocycles. The van der Waals surface area contributed by atoms with Crippen LogP contribution in [0.15, 0.2) is 4.99 Å². The van der Waals surface area contributed by atoms with Gasteiger partial charge in [-0.1, -0.05) is 32.1 Å². The number of aromatic nitrogens is 3. The Bertz CT molecular complexity index is 705. The van der Waals surface area contributed by atoms with Crippen molar-refractivity contribution in [1.29, 1.82) is 0 Å². The lowest BCUT2D eigenvalue weighted by Gasteiger charge is -2.48. The molecule has 0 radical (unpaired) electrons. The van der Waals surface area contributed by atoms with Gasteiger partial charge >= 0.3 is 0 Å². The Labute approximate surface area is 204 Å². The number of guanidine groups is 1. The van der Waals surface area contributed by atoms with Crippen LogP contribution in [0.2, 0.25) is 0 Å². The molecule has 176 valence electrons. The van der Waals surface area contributed by atoms with Crippen LogP contribution in [0.1, 0.15) is 69.4 Å². The fourth-order valence-electron chi connectivity index (χ4n) is 5.26. The smallest absolute Gasteiger partial charge is 0.191 e. The van der Waals surface area contributed by atoms with Gasteiger partial charge in [-0.25, -0.2) is 4.99 Å². The maximum absolute atomic E-state index is 5.64. The SMILES string of the molecule is Cc1nnc(CN=C(NCC2(N3CCOCC3)CCCCC2)NC2CCCC2)n1C.I. The molecule has 2 saturated carbocycles. The molecule has 0 amide bonds. The van der Waals surface area contributed by atoms with Crippen molar-refractivity contribution < 1.29 is 4.74 Å². The molecular weight excluding hydrogens is 505 g/mol. The number of aliphatic imine (C=N–C) groups is 1. The zero-order valence-electron chi connectivity index (χ0n) is 19.2. The van der Waals surface area contributed by atoms with Crippen LogP contribution in [0.3, 0.4) is 0 Å². The van der Waals surface area contributed by atoms with Gasteiger partial charge < -0.3 is 19.9 Å². The Morgan fingerprint density at radius 1 is 1.10 bits per heavy atom. The Kier molecular flexibility index (Phi) is 9.39. The van der Waals surface area contributed by atoms with Crippen molar-refractivity contribution in [2.24, 2.45) is 12.0 Å². The molecule has 0 spiro atoms. The topological polar surface area (TPSA) is 79.6 Å². The molecule has 1 aromatic rings. The third kappa shape index (κ3) is 6.31. The van der Waals surface area contributed by atoms with E-state index in [0.29, 0.717) is 12.6 Å². The highest BCUT2D eigenvalue weighted by atomic mass is 127. The van der Waals surface area contributed by atoms with Crippen molar-refractivity contribution in [3.63, 3.8) is 0 Å². The summed E-state index contributed by atoms with van der Waals surface area (Å²) in [6.45, 7) is 7.27. The van der Waals surface area contributed by atoms with Crippen molar-refractivity contribution in [2.75, 3.05) is 32.8 Å². The number of morpholine rings is 1. The number of hydrogen-bond donors (Lipinski definition) is 2. The second kappa shape index (κ2) is 11.8. The van der Waals surface area contributed by atoms with Crippen LogP contribution in [-0.2, 0) is 18.3 Å². The minimum absolute atomic E-state index is 0. The molecule has 3 fully saturated rings. The van der Waals surface area contributed by atoms with Gasteiger partial charge in [-0.15, -0.1) is 34.2 Å². The molecule has 9 heteroatoms. The van der Waals surface area contributed by atoms with Crippen LogP contribution in [0.4, 0.5) is 0 Å². The molecule has 2 aliphatic carbocycles. The summed E-state index contributed by atoms with van der Waals surface area (Å²) in [6, 6.07) is 0.531. The molecule has 2 N–H and O–H groups in total. The van der Waals surface area contributed by atoms with E-state index in [1.165, 1.54) is 57.8 Å². The molecule has 4 rings (SSSR count). The summed E-state index contributed by atoms with van der Waals surface area (Å²) in [5.41, 5.74) is 0.224. The average molecular weight is 546 g/mol. The Balaban J connectivity index is 0.00000272. The van der Waals surface area contributed by atoms with E-state index in [0.717, 1.165) is 50.5 Å². The van der Waals surface area contributed by atoms with Crippen molar-refractivity contribution in [2.45, 2.75) is 82.8 Å². The lowest BCUT2D eigenvalue weighted by Crippen LogP contribution is -2.60. The van der Waals surface area contributed by atoms with Crippen LogP contribution in [0, 0.1) is 6.92 Å². The zero-order chi connectivity index (χ0) is 20.8. The normalized spacial score (nSPS) is 22.8. The van der Waals surface area contributed by atoms with Crippen LogP contribution in [0.25, 0.3) is 0 Å². The third-order valence-corrected chi connectivity index (χ3v) is 7.31. The maximum Gasteiger partial charge on any atom is 0.191 e. The molecule has 8 nitrogen and oxygen atoms in total. The van der Waals surface area contributed by atoms with E-state index < -0.39 is 0 Å². The predicted octanol–water partition coefficient (Wildman–Crippen LogP) is 2.75. The van der Waals surface area contributed by atoms with Gasteiger partial charge in [-0.05, 0) is 32.6 Å². The van der Waals surface area contributed by atoms with E-state index >= 15 is 0 Å². The summed E-state index contributed by atoms with van der Waals surface area (Å²) in [5, 5.41) is 15.9. The third-order valence-electron chi connectivity index (χ3n) is 7.31. The molecule has 31 heavy (non-hydrogen) atoms. The lowest BCUT2D eigenvalue weighted by molar-refractivity contribution is -0.0352. The largest absolute Gasteiger partial charge is 0.379 e. The van der Waals surface area contributed by atoms with Gasteiger partial charge in [-0.3, -0.25) is 4.90 Å². The molecular formula is C22H40IN7O. The molecule has 1 saturated heterocycles. The van der Waals surface area contributed by atoms with Gasteiger partial charge in [0.15, 0.2) is 11.8 Å². The van der Waals surface area contributed by atoms with Gasteiger partial charge in [0.05, 0.1) is 13.2 Å². The number of rotatable bonds is 6. The van der Waals surface area contributed by atoms with Crippen molar-refractivity contribution in [1.82, 2.24) is 30.3 Å². The molecule has 1 aliphatic heterocycles. The Morgan fingerprint density at radius 3 is 2.45 bits per heavy atom. The summed E-state index contributed by atoms with van der Waals surface area (Å²) in [5.74, 6) is 2.76. The number of halogens is 1. The molecule has 0 atom stereocenters. The summed E-state index contributed by atoms with van der Waals surface area (Å²) in [6.07, 6.45) is 11.6. The van der Waals surface area contributed by atoms with Crippen LogP contribution >= 0.6 is 24.0 Å². The van der Waals surface area contributed by atoms with E-state index in [9.17, 15) is 0 Å². The molecule has 0 bridgehead atoms. The van der Waals surface area contributed by atoms with Crippen LogP contribution in [-0.4, -0.2) is 70.1 Å². The second-order valence-corrected chi connectivity index (χ2v) is 9.25. The standard InChI is InChI=1S/C22H39N7O.HI/c1-18-26-27-20(28(18)2)16-23-21(25-19-8-4-5-9-19)24-17-22(10-6-3-7-11-22)29-12-14-30-15-13-29;/h19H,3-17H2,1-2H3,(H2,23,24,25);1H. The number of nitrogens with one attached hydrogen (secondary N) is 2. The fraction of sp³-hybridized carbons (Fsp3) is 0.864. The minimum atomic E-state index is 0. The van der Waals surface area contributed by atoms with E-state index in [2.05, 4.69) is 25.7 Å². The summed E-state index contributed by atoms with van der Waals surface area (Å²) in [7, 11) is 2.01. The summed E-state index contributed by atoms with van der Waals surface area (Å²) >= 11 is 0. The quantitative estimate of drug-likeness (QED) is 0.325. The average Bonchev–Trinajstić information content (AvgIpc) is 3.42. The maximum atomic E-state index is 5.64. The number of nitrogens with zero attached hydrogens (tertiary/aromatic N) is 5. The minimum Gasteiger partial charge on any atom is -0.379 e. The molecule has 0 unspecified atom stereocenters. The molecule has 3 aliphatic rings. The van der Waals surface area contributed by atoms with E-state index in [-0.39, 0.29) is 29.5 Å². The second-order valence-electron chi connectivity index (χ2n) is 9.25. The van der Waals surface area contributed by atoms with E-state index in [1.54, 1.807) is 0 Å². The van der Waals surface area contributed by atoms with Crippen LogP contribution < -0.4 is 10.6 Å². The molecule has 0 aromatic carbocycles. The van der Waals surface area contributed by atoms with Gasteiger partial charge in [-0.2, -0.15) is 0 Å². The van der Waals surface area contributed by atoms with Crippen LogP contribution in [0.5, 0.6) is 0 Å². The first-order chi connectivity index (χ1) is 14.7. The fourth-order valence-corrected chi connectivity index (χ4v) is 5.26. The monoisotopic (exact) mass is 545 g/mol.